The van der Waals surface area contributed by atoms with Gasteiger partial charge in [0.2, 0.25) is 0 Å². The molecule has 0 radical (unpaired) electrons. The van der Waals surface area contributed by atoms with Gasteiger partial charge in [0, 0.05) is 96.8 Å². The monoisotopic (exact) mass is 1880 g/mol. The molecule has 30 aromatic rings. The number of hydrogen-bond donors (Lipinski definition) is 0. The van der Waals surface area contributed by atoms with E-state index in [0.29, 0.717) is 17.5 Å². The lowest BCUT2D eigenvalue weighted by molar-refractivity contribution is 0.661. The van der Waals surface area contributed by atoms with Crippen LogP contribution >= 0.6 is 11.3 Å². The van der Waals surface area contributed by atoms with E-state index in [1.54, 1.807) is 0 Å². The molecule has 31 rings (SSSR count). The highest BCUT2D eigenvalue weighted by molar-refractivity contribution is 7.26. The maximum atomic E-state index is 6.42. The number of benzene rings is 24. The Balaban J connectivity index is 0.000000104. The lowest BCUT2D eigenvalue weighted by atomic mass is 9.82. The Kier molecular flexibility index (Phi) is 19.4. The number of para-hydroxylation sites is 5. The van der Waals surface area contributed by atoms with E-state index in [1.165, 1.54) is 145 Å². The smallest absolute Gasteiger partial charge is 0.164 e. The molecule has 1 aliphatic carbocycles. The van der Waals surface area contributed by atoms with E-state index in [2.05, 4.69) is 366 Å². The highest BCUT2D eigenvalue weighted by Crippen LogP contribution is 2.54. The zero-order chi connectivity index (χ0) is 96.3. The van der Waals surface area contributed by atoms with E-state index < -0.39 is 0 Å². The Bertz CT molecular complexity index is 10700. The highest BCUT2D eigenvalue weighted by atomic mass is 32.1. The van der Waals surface area contributed by atoms with Crippen LogP contribution in [0.15, 0.2) is 476 Å². The summed E-state index contributed by atoms with van der Waals surface area (Å²) in [7, 11) is 0. The summed E-state index contributed by atoms with van der Waals surface area (Å²) in [5, 5.41) is 30.2. The maximum Gasteiger partial charge on any atom is 0.164 e. The summed E-state index contributed by atoms with van der Waals surface area (Å²) in [6, 6.07) is 166. The summed E-state index contributed by atoms with van der Waals surface area (Å²) in [5.41, 5.74) is 26.3. The van der Waals surface area contributed by atoms with E-state index in [9.17, 15) is 0 Å². The molecular formula is C136H83N7O2S. The summed E-state index contributed by atoms with van der Waals surface area (Å²) in [6.45, 7) is 4.70. The molecule has 24 aromatic carbocycles. The van der Waals surface area contributed by atoms with Gasteiger partial charge < -0.3 is 8.83 Å². The third-order valence-electron chi connectivity index (χ3n) is 30.0. The molecule has 6 aromatic heterocycles. The standard InChI is InChI=1S/C47H32N2.C45H27N3O.C44H24N2OS/c1-47(2)39-13-7-6-12-38(39)44-37-25-22-31-18-21-33-28-34(23-24-35(33)43(31)36(37)26-27-40(44)47)46-45(48-41-14-8-9-15-42(41)49-46)32-19-16-30(17-20-32)29-10-4-3-5-11-29;1-3-11-29(12-4-1)43-46-44(30-13-5-2-6-14-30)48-45(47-43)39-17-8-7-15-33(39)31-22-23-34-32(27-31)20-19-28-21-24-38-36(41(28)34)25-26-37-35-16-9-10-18-40(35)49-42(37)38;1-4-13-36-33(9-1)42(35-12-7-11-32-29-8-3-6-15-39(29)48-43(32)35)46-44(45-36)27-19-20-28-26(24-27)17-16-25-18-21-31-30(40(25)28)22-23-38-41(31)34-10-2-5-14-37(34)47-38/h3-28H,1-2H3;1-27H;1-24H. The van der Waals surface area contributed by atoms with Crippen molar-refractivity contribution in [1.29, 1.82) is 0 Å². The van der Waals surface area contributed by atoms with Gasteiger partial charge in [-0.25, -0.2) is 34.9 Å². The predicted molar refractivity (Wildman–Crippen MR) is 610 cm³/mol. The van der Waals surface area contributed by atoms with Crippen molar-refractivity contribution in [3.63, 3.8) is 0 Å². The summed E-state index contributed by atoms with van der Waals surface area (Å²) in [5.74, 6) is 2.67. The third kappa shape index (κ3) is 13.8. The molecule has 0 N–H and O–H groups in total. The van der Waals surface area contributed by atoms with Gasteiger partial charge in [-0.1, -0.05) is 402 Å². The van der Waals surface area contributed by atoms with Crippen molar-refractivity contribution in [2.45, 2.75) is 19.3 Å². The molecule has 9 nitrogen and oxygen atoms in total. The van der Waals surface area contributed by atoms with Gasteiger partial charge >= 0.3 is 0 Å². The van der Waals surface area contributed by atoms with Crippen LogP contribution < -0.4 is 0 Å². The van der Waals surface area contributed by atoms with Gasteiger partial charge in [-0.2, -0.15) is 0 Å². The predicted octanol–water partition coefficient (Wildman–Crippen LogP) is 37.0. The molecule has 680 valence electrons. The Morgan fingerprint density at radius 3 is 1.30 bits per heavy atom. The fraction of sp³-hybridized carbons (Fsp3) is 0.0221. The first-order valence-electron chi connectivity index (χ1n) is 49.6. The molecule has 10 heteroatoms. The molecule has 0 bridgehead atoms. The van der Waals surface area contributed by atoms with Crippen LogP contribution in [0.5, 0.6) is 0 Å². The molecule has 0 amide bonds. The second kappa shape index (κ2) is 33.7. The zero-order valence-electron chi connectivity index (χ0n) is 79.3. The molecule has 0 saturated carbocycles. The largest absolute Gasteiger partial charge is 0.456 e. The van der Waals surface area contributed by atoms with Crippen molar-refractivity contribution in [3.05, 3.63) is 478 Å². The van der Waals surface area contributed by atoms with Gasteiger partial charge in [-0.3, -0.25) is 0 Å². The number of hydrogen-bond acceptors (Lipinski definition) is 10. The third-order valence-corrected chi connectivity index (χ3v) is 31.2. The molecule has 6 heterocycles. The van der Waals surface area contributed by atoms with Crippen LogP contribution in [0.4, 0.5) is 0 Å². The van der Waals surface area contributed by atoms with Gasteiger partial charge in [0.05, 0.1) is 33.6 Å². The number of rotatable bonds is 9. The van der Waals surface area contributed by atoms with E-state index in [0.717, 1.165) is 144 Å². The number of fused-ring (bicyclic) bond motifs is 32. The van der Waals surface area contributed by atoms with Crippen LogP contribution in [0.3, 0.4) is 0 Å². The van der Waals surface area contributed by atoms with E-state index in [-0.39, 0.29) is 5.41 Å². The average molecular weight is 1880 g/mol. The molecule has 146 heavy (non-hydrogen) atoms. The van der Waals surface area contributed by atoms with Crippen LogP contribution in [0.1, 0.15) is 25.0 Å². The zero-order valence-corrected chi connectivity index (χ0v) is 80.1. The molecule has 0 unspecified atom stereocenters. The second-order valence-corrected chi connectivity index (χ2v) is 39.7. The minimum absolute atomic E-state index is 0.0246. The SMILES string of the molecule is CC1(C)c2ccccc2-c2c1ccc1c2ccc2ccc3cc(-c4nc5ccccc5nc4-c4ccc(-c5ccccc5)cc4)ccc3c21.c1ccc(-c2nc(-c3ccccc3)nc(-c3ccccc3-c3ccc4c(ccc5ccc6c(ccc7c8ccccc8oc76)c54)c3)n2)cc1.c1ccc2c(-c3cccc4c3sc3ccccc34)nc(-c3ccc4c(ccc5ccc6c(ccc7oc8ccccc8c76)c54)c3)nc2c1. The van der Waals surface area contributed by atoms with Crippen molar-refractivity contribution >= 4 is 194 Å². The average Bonchev–Trinajstić information content (AvgIpc) is 1.51. The lowest BCUT2D eigenvalue weighted by Gasteiger charge is -2.21. The van der Waals surface area contributed by atoms with Gasteiger partial charge in [-0.05, 0) is 215 Å². The summed E-state index contributed by atoms with van der Waals surface area (Å²) in [6.07, 6.45) is 0. The van der Waals surface area contributed by atoms with Crippen LogP contribution in [0.2, 0.25) is 0 Å². The quantitative estimate of drug-likeness (QED) is 0.130. The Morgan fingerprint density at radius 2 is 0.616 bits per heavy atom. The normalized spacial score (nSPS) is 12.4. The van der Waals surface area contributed by atoms with Crippen molar-refractivity contribution in [3.8, 4) is 113 Å². The molecule has 0 spiro atoms. The minimum Gasteiger partial charge on any atom is -0.456 e. The Morgan fingerprint density at radius 1 is 0.199 bits per heavy atom. The van der Waals surface area contributed by atoms with Crippen molar-refractivity contribution in [2.24, 2.45) is 0 Å². The molecule has 0 saturated heterocycles. The van der Waals surface area contributed by atoms with Gasteiger partial charge in [0.25, 0.3) is 0 Å². The lowest BCUT2D eigenvalue weighted by Crippen LogP contribution is -2.14. The summed E-state index contributed by atoms with van der Waals surface area (Å²) >= 11 is 1.83. The van der Waals surface area contributed by atoms with Crippen LogP contribution in [-0.4, -0.2) is 34.9 Å². The topological polar surface area (TPSA) is 117 Å². The molecule has 0 aliphatic heterocycles. The Labute approximate surface area is 842 Å². The molecule has 0 fully saturated rings. The van der Waals surface area contributed by atoms with Gasteiger partial charge in [0.15, 0.2) is 23.3 Å². The van der Waals surface area contributed by atoms with Gasteiger partial charge in [0.1, 0.15) is 22.3 Å². The first-order chi connectivity index (χ1) is 72.1. The Hall–Kier alpha value is -18.9. The van der Waals surface area contributed by atoms with Crippen molar-refractivity contribution in [2.75, 3.05) is 0 Å². The fourth-order valence-corrected chi connectivity index (χ4v) is 24.2. The van der Waals surface area contributed by atoms with E-state index >= 15 is 0 Å². The van der Waals surface area contributed by atoms with E-state index in [1.807, 2.05) is 127 Å². The molecule has 0 atom stereocenters. The molecular weight excluding hydrogens is 1800 g/mol. The first-order valence-corrected chi connectivity index (χ1v) is 50.4. The minimum atomic E-state index is -0.0246. The first kappa shape index (κ1) is 84.0. The molecule has 1 aliphatic rings. The summed E-state index contributed by atoms with van der Waals surface area (Å²) in [4.78, 5) is 35.8. The van der Waals surface area contributed by atoms with Crippen LogP contribution in [0.25, 0.3) is 296 Å². The van der Waals surface area contributed by atoms with Crippen molar-refractivity contribution < 1.29 is 8.83 Å². The number of nitrogens with zero attached hydrogens (tertiary/aromatic N) is 7. The number of furan rings is 2. The second-order valence-electron chi connectivity index (χ2n) is 38.6. The van der Waals surface area contributed by atoms with Crippen LogP contribution in [0, 0.1) is 0 Å². The summed E-state index contributed by atoms with van der Waals surface area (Å²) < 4.78 is 15.2. The number of aromatic nitrogens is 7. The van der Waals surface area contributed by atoms with E-state index in [4.69, 9.17) is 43.7 Å². The number of thiophene rings is 1. The van der Waals surface area contributed by atoms with Gasteiger partial charge in [-0.15, -0.1) is 11.3 Å². The van der Waals surface area contributed by atoms with Crippen molar-refractivity contribution in [1.82, 2.24) is 34.9 Å². The fourth-order valence-electron chi connectivity index (χ4n) is 23.0. The van der Waals surface area contributed by atoms with Crippen LogP contribution in [-0.2, 0) is 5.41 Å². The maximum absolute atomic E-state index is 6.42. The highest BCUT2D eigenvalue weighted by Gasteiger charge is 2.37.